The van der Waals surface area contributed by atoms with Gasteiger partial charge in [0, 0.05) is 45.5 Å². The zero-order valence-corrected chi connectivity index (χ0v) is 27.5. The van der Waals surface area contributed by atoms with Crippen LogP contribution in [-0.4, -0.2) is 0 Å². The van der Waals surface area contributed by atoms with Crippen molar-refractivity contribution in [1.29, 1.82) is 0 Å². The number of para-hydroxylation sites is 1. The van der Waals surface area contributed by atoms with Gasteiger partial charge < -0.3 is 9.80 Å². The van der Waals surface area contributed by atoms with Crippen LogP contribution in [0.4, 0.5) is 28.4 Å². The summed E-state index contributed by atoms with van der Waals surface area (Å²) >= 11 is 0. The molecule has 2 heterocycles. The number of benzene rings is 6. The van der Waals surface area contributed by atoms with Gasteiger partial charge in [-0.15, -0.1) is 0 Å². The van der Waals surface area contributed by atoms with Gasteiger partial charge in [0.1, 0.15) is 0 Å². The van der Waals surface area contributed by atoms with Crippen LogP contribution in [-0.2, 0) is 5.41 Å². The Kier molecular flexibility index (Phi) is 6.14. The molecule has 1 aliphatic carbocycles. The maximum Gasteiger partial charge on any atom is 0.0499 e. The molecule has 0 saturated heterocycles. The number of aryl methyl sites for hydroxylation is 2. The van der Waals surface area contributed by atoms with E-state index >= 15 is 0 Å². The van der Waals surface area contributed by atoms with Gasteiger partial charge in [0.2, 0.25) is 0 Å². The van der Waals surface area contributed by atoms with Crippen LogP contribution in [0.25, 0.3) is 21.9 Å². The lowest BCUT2D eigenvalue weighted by Gasteiger charge is -2.42. The monoisotopic (exact) mass is 606 g/mol. The molecule has 47 heavy (non-hydrogen) atoms. The lowest BCUT2D eigenvalue weighted by atomic mass is 9.70. The topological polar surface area (TPSA) is 6.48 Å². The van der Waals surface area contributed by atoms with Crippen molar-refractivity contribution in [3.05, 3.63) is 173 Å². The average Bonchev–Trinajstić information content (AvgIpc) is 3.41. The van der Waals surface area contributed by atoms with Gasteiger partial charge in [-0.3, -0.25) is 0 Å². The molecule has 0 aromatic heterocycles. The van der Waals surface area contributed by atoms with Gasteiger partial charge >= 0.3 is 0 Å². The molecular weight excluding hydrogens is 569 g/mol. The van der Waals surface area contributed by atoms with Crippen LogP contribution < -0.4 is 9.80 Å². The molecule has 228 valence electrons. The quantitative estimate of drug-likeness (QED) is 0.197. The molecular formula is C45H38N2. The molecule has 1 unspecified atom stereocenters. The lowest BCUT2D eigenvalue weighted by molar-refractivity contribution is 0.598. The lowest BCUT2D eigenvalue weighted by Crippen LogP contribution is -2.33. The molecule has 0 fully saturated rings. The van der Waals surface area contributed by atoms with E-state index in [-0.39, 0.29) is 5.41 Å². The molecule has 2 nitrogen and oxygen atoms in total. The van der Waals surface area contributed by atoms with Crippen LogP contribution in [0.2, 0.25) is 0 Å². The molecule has 2 heteroatoms. The zero-order chi connectivity index (χ0) is 31.9. The smallest absolute Gasteiger partial charge is 0.0499 e. The number of rotatable bonds is 4. The first-order chi connectivity index (χ1) is 22.9. The summed E-state index contributed by atoms with van der Waals surface area (Å²) in [4.78, 5) is 5.00. The van der Waals surface area contributed by atoms with Crippen molar-refractivity contribution in [3.63, 3.8) is 0 Å². The second-order valence-electron chi connectivity index (χ2n) is 14.0. The predicted molar refractivity (Wildman–Crippen MR) is 199 cm³/mol. The highest BCUT2D eigenvalue weighted by Gasteiger charge is 2.46. The highest BCUT2D eigenvalue weighted by molar-refractivity contribution is 5.90. The molecule has 6 aromatic rings. The minimum atomic E-state index is -0.0413. The van der Waals surface area contributed by atoms with E-state index < -0.39 is 0 Å². The van der Waals surface area contributed by atoms with E-state index in [2.05, 4.69) is 177 Å². The Morgan fingerprint density at radius 2 is 1.32 bits per heavy atom. The van der Waals surface area contributed by atoms with Gasteiger partial charge in [-0.25, -0.2) is 0 Å². The Balaban J connectivity index is 1.18. The zero-order valence-electron chi connectivity index (χ0n) is 27.5. The highest BCUT2D eigenvalue weighted by atomic mass is 15.2. The van der Waals surface area contributed by atoms with E-state index in [1.54, 1.807) is 0 Å². The largest absolute Gasteiger partial charge is 0.313 e. The van der Waals surface area contributed by atoms with Gasteiger partial charge in [-0.1, -0.05) is 98.8 Å². The van der Waals surface area contributed by atoms with E-state index in [1.165, 1.54) is 78.2 Å². The van der Waals surface area contributed by atoms with Crippen molar-refractivity contribution >= 4 is 39.2 Å². The first-order valence-electron chi connectivity index (χ1n) is 16.8. The summed E-state index contributed by atoms with van der Waals surface area (Å²) in [6, 6.07) is 47.4. The van der Waals surface area contributed by atoms with E-state index in [4.69, 9.17) is 0 Å². The fraction of sp³-hybridized carbons (Fsp3) is 0.156. The average molecular weight is 607 g/mol. The van der Waals surface area contributed by atoms with Crippen molar-refractivity contribution in [2.45, 2.75) is 45.4 Å². The highest BCUT2D eigenvalue weighted by Crippen LogP contribution is 2.60. The minimum Gasteiger partial charge on any atom is -0.313 e. The van der Waals surface area contributed by atoms with Crippen LogP contribution >= 0.6 is 0 Å². The standard InChI is InChI=1S/C45H38N2/c1-29-24-30(2)26-37(25-29)46(35-20-18-32(19-21-35)34-17-16-31-10-5-6-11-33(31)27-34)36-22-23-42-39(28-36)38-12-9-14-41-44(38)47(42)43-15-8-7-13-40(43)45(41,3)4/h5-11,13-28,38H,12H2,1-4H3. The maximum absolute atomic E-state index is 2.56. The third-order valence-electron chi connectivity index (χ3n) is 10.6. The Morgan fingerprint density at radius 1 is 0.617 bits per heavy atom. The number of anilines is 5. The number of fused-ring (bicyclic) bond motifs is 6. The summed E-state index contributed by atoms with van der Waals surface area (Å²) in [6.07, 6.45) is 5.81. The summed E-state index contributed by atoms with van der Waals surface area (Å²) < 4.78 is 0. The van der Waals surface area contributed by atoms with Crippen molar-refractivity contribution < 1.29 is 0 Å². The van der Waals surface area contributed by atoms with Gasteiger partial charge in [0.15, 0.2) is 0 Å². The molecule has 2 aliphatic heterocycles. The molecule has 1 atom stereocenters. The fourth-order valence-electron chi connectivity index (χ4n) is 8.38. The number of hydrogen-bond donors (Lipinski definition) is 0. The molecule has 0 amide bonds. The molecule has 0 bridgehead atoms. The van der Waals surface area contributed by atoms with Gasteiger partial charge in [-0.2, -0.15) is 0 Å². The van der Waals surface area contributed by atoms with Crippen LogP contribution in [0.1, 0.15) is 48.4 Å². The van der Waals surface area contributed by atoms with E-state index in [0.29, 0.717) is 5.92 Å². The molecule has 3 aliphatic rings. The Labute approximate surface area is 277 Å². The summed E-state index contributed by atoms with van der Waals surface area (Å²) in [5, 5.41) is 2.53. The third-order valence-corrected chi connectivity index (χ3v) is 10.6. The van der Waals surface area contributed by atoms with E-state index in [1.807, 2.05) is 0 Å². The Bertz CT molecular complexity index is 2260. The predicted octanol–water partition coefficient (Wildman–Crippen LogP) is 12.3. The molecule has 0 N–H and O–H groups in total. The number of nitrogens with zero attached hydrogens (tertiary/aromatic N) is 2. The normalized spacial score (nSPS) is 17.0. The van der Waals surface area contributed by atoms with E-state index in [0.717, 1.165) is 12.1 Å². The molecule has 6 aromatic carbocycles. The second kappa shape index (κ2) is 10.3. The van der Waals surface area contributed by atoms with Gasteiger partial charge in [-0.05, 0) is 125 Å². The van der Waals surface area contributed by atoms with Crippen LogP contribution in [0, 0.1) is 13.8 Å². The van der Waals surface area contributed by atoms with Crippen molar-refractivity contribution in [2.75, 3.05) is 9.80 Å². The maximum atomic E-state index is 2.56. The summed E-state index contributed by atoms with van der Waals surface area (Å²) in [6.45, 7) is 9.16. The van der Waals surface area contributed by atoms with Gasteiger partial charge in [0.05, 0.1) is 0 Å². The fourth-order valence-corrected chi connectivity index (χ4v) is 8.38. The van der Waals surface area contributed by atoms with Gasteiger partial charge in [0.25, 0.3) is 0 Å². The van der Waals surface area contributed by atoms with Crippen LogP contribution in [0.5, 0.6) is 0 Å². The SMILES string of the molecule is Cc1cc(C)cc(N(c2ccc(-c3ccc4ccccc4c3)cc2)c2ccc3c(c2)C2CC=CC4=C2N3c2ccccc2C4(C)C)c1. The third kappa shape index (κ3) is 4.32. The second-order valence-corrected chi connectivity index (χ2v) is 14.0. The summed E-state index contributed by atoms with van der Waals surface area (Å²) in [5.41, 5.74) is 16.8. The first-order valence-corrected chi connectivity index (χ1v) is 16.8. The van der Waals surface area contributed by atoms with Crippen molar-refractivity contribution in [2.24, 2.45) is 0 Å². The molecule has 0 spiro atoms. The molecule has 0 saturated carbocycles. The summed E-state index contributed by atoms with van der Waals surface area (Å²) in [7, 11) is 0. The number of hydrogen-bond acceptors (Lipinski definition) is 2. The first kappa shape index (κ1) is 27.9. The Hall–Kier alpha value is -5.34. The molecule has 0 radical (unpaired) electrons. The van der Waals surface area contributed by atoms with E-state index in [9.17, 15) is 0 Å². The van der Waals surface area contributed by atoms with Crippen molar-refractivity contribution in [3.8, 4) is 11.1 Å². The minimum absolute atomic E-state index is 0.0413. The summed E-state index contributed by atoms with van der Waals surface area (Å²) in [5.74, 6) is 0.342. The number of allylic oxidation sites excluding steroid dienone is 4. The Morgan fingerprint density at radius 3 is 2.13 bits per heavy atom. The van der Waals surface area contributed by atoms with Crippen LogP contribution in [0.15, 0.2) is 151 Å². The molecule has 9 rings (SSSR count). The van der Waals surface area contributed by atoms with Crippen LogP contribution in [0.3, 0.4) is 0 Å². The van der Waals surface area contributed by atoms with Crippen molar-refractivity contribution in [1.82, 2.24) is 0 Å².